The third-order valence-corrected chi connectivity index (χ3v) is 14.1. The summed E-state index contributed by atoms with van der Waals surface area (Å²) in [7, 11) is 3.04. The number of aliphatic hydroxyl groups excluding tert-OH is 1. The zero-order valence-corrected chi connectivity index (χ0v) is 37.1. The van der Waals surface area contributed by atoms with Crippen molar-refractivity contribution in [2.24, 2.45) is 11.8 Å². The van der Waals surface area contributed by atoms with E-state index in [4.69, 9.17) is 18.6 Å². The molecule has 0 amide bonds. The SMILES string of the molecule is CCCNCCCc1ccccc1/C=C/C[C@H](C)[C@H]1CNC[C@]2(O)[C@H](Oc3ccc4c(=O)c(-c5ccc(O)cc5)coc4c3)O[C@H](C(=O)O)[C@@H](O)[C@@H]2OCSSC[C@@H]1c1cc[nH]c1. The van der Waals surface area contributed by atoms with Crippen molar-refractivity contribution in [2.75, 3.05) is 37.9 Å². The van der Waals surface area contributed by atoms with Gasteiger partial charge in [-0.3, -0.25) is 4.79 Å². The number of aliphatic hydroxyl groups is 2. The van der Waals surface area contributed by atoms with Gasteiger partial charge in [-0.2, -0.15) is 0 Å². The van der Waals surface area contributed by atoms with E-state index in [1.807, 2.05) is 12.4 Å². The number of aromatic nitrogens is 1. The summed E-state index contributed by atoms with van der Waals surface area (Å²) >= 11 is 0. The van der Waals surface area contributed by atoms with Crippen molar-refractivity contribution in [1.82, 2.24) is 15.6 Å². The van der Waals surface area contributed by atoms with Crippen LogP contribution in [0.5, 0.6) is 11.5 Å². The zero-order chi connectivity index (χ0) is 44.3. The molecule has 7 N–H and O–H groups in total. The number of aromatic hydroxyl groups is 1. The van der Waals surface area contributed by atoms with Gasteiger partial charge in [0, 0.05) is 30.8 Å². The number of hydrogen-bond donors (Lipinski definition) is 7. The molecule has 0 unspecified atom stereocenters. The normalized spacial score (nSPS) is 25.2. The standard InChI is InChI=1S/C48H57N3O10S2/c1-3-20-49-21-7-12-32-10-5-4-9-31(32)11-6-8-30(2)38-25-51-28-48(57)45(59-29-63-62-27-40(38)34-19-22-50-24-34)43(54)44(46(55)56)61-47(48)60-36-17-18-37-41(23-36)58-26-39(42(37)53)33-13-15-35(52)16-14-33/h4-6,9-11,13-19,22-24,26,30,38,40,43-45,47,49-52,54,57H,3,7-8,12,20-21,25,27-29H2,1-2H3,(H,55,56)/b11-6+/t30-,38+,40+,43+,44-,45-,47+,48+/m0/s1. The number of carbonyl (C=O) groups is 1. The maximum absolute atomic E-state index is 13.5. The third-order valence-electron chi connectivity index (χ3n) is 12.0. The fourth-order valence-electron chi connectivity index (χ4n) is 8.51. The van der Waals surface area contributed by atoms with Crippen molar-refractivity contribution in [3.8, 4) is 22.6 Å². The number of phenolic OH excluding ortho intramolecular Hbond substituents is 1. The zero-order valence-electron chi connectivity index (χ0n) is 35.5. The largest absolute Gasteiger partial charge is 0.508 e. The van der Waals surface area contributed by atoms with Crippen molar-refractivity contribution >= 4 is 44.6 Å². The smallest absolute Gasteiger partial charge is 0.335 e. The van der Waals surface area contributed by atoms with E-state index in [2.05, 4.69) is 71.9 Å². The summed E-state index contributed by atoms with van der Waals surface area (Å²) < 4.78 is 24.2. The first-order valence-electron chi connectivity index (χ1n) is 21.5. The molecule has 7 rings (SSSR count). The lowest BCUT2D eigenvalue weighted by molar-refractivity contribution is -0.316. The number of H-pyrrole nitrogens is 1. The number of carboxylic acid groups (broad SMARTS) is 1. The van der Waals surface area contributed by atoms with Crippen LogP contribution in [0, 0.1) is 11.8 Å². The molecule has 336 valence electrons. The number of fused-ring (bicyclic) bond motifs is 2. The van der Waals surface area contributed by atoms with Crippen LogP contribution in [0.1, 0.15) is 55.7 Å². The molecule has 5 aromatic rings. The Morgan fingerprint density at radius 1 is 1.10 bits per heavy atom. The molecule has 0 radical (unpaired) electrons. The molecule has 2 saturated heterocycles. The summed E-state index contributed by atoms with van der Waals surface area (Å²) in [6, 6.07) is 21.3. The van der Waals surface area contributed by atoms with E-state index in [0.29, 0.717) is 17.7 Å². The number of β-amino-alcohol motifs (C(OH)–C–C–N with tert-alkyl or cyclic N) is 1. The number of aliphatic carboxylic acids is 1. The lowest BCUT2D eigenvalue weighted by Crippen LogP contribution is -2.72. The Morgan fingerprint density at radius 2 is 1.92 bits per heavy atom. The molecule has 13 nitrogen and oxygen atoms in total. The number of ether oxygens (including phenoxy) is 3. The second kappa shape index (κ2) is 21.9. The maximum Gasteiger partial charge on any atom is 0.335 e. The van der Waals surface area contributed by atoms with Crippen LogP contribution in [0.4, 0.5) is 0 Å². The van der Waals surface area contributed by atoms with Crippen LogP contribution in [0.2, 0.25) is 0 Å². The van der Waals surface area contributed by atoms with Crippen LogP contribution >= 0.6 is 21.6 Å². The number of phenols is 1. The molecule has 0 saturated carbocycles. The van der Waals surface area contributed by atoms with Gasteiger partial charge in [-0.05, 0) is 116 Å². The highest BCUT2D eigenvalue weighted by Gasteiger charge is 2.59. The van der Waals surface area contributed by atoms with Gasteiger partial charge in [-0.25, -0.2) is 4.79 Å². The molecule has 2 fully saturated rings. The summed E-state index contributed by atoms with van der Waals surface area (Å²) in [5.41, 5.74) is 2.34. The predicted octanol–water partition coefficient (Wildman–Crippen LogP) is 7.17. The molecular formula is C48H57N3O10S2. The highest BCUT2D eigenvalue weighted by molar-refractivity contribution is 8.76. The van der Waals surface area contributed by atoms with Crippen LogP contribution < -0.4 is 20.8 Å². The number of nitrogens with one attached hydrogen (secondary N) is 3. The number of hydrogen-bond acceptors (Lipinski definition) is 13. The summed E-state index contributed by atoms with van der Waals surface area (Å²) in [6.45, 7) is 6.71. The summed E-state index contributed by atoms with van der Waals surface area (Å²) in [5, 5.41) is 51.2. The molecular weight excluding hydrogens is 843 g/mol. The summed E-state index contributed by atoms with van der Waals surface area (Å²) in [6.07, 6.45) is 7.16. The minimum Gasteiger partial charge on any atom is -0.508 e. The Balaban J connectivity index is 1.13. The first-order chi connectivity index (χ1) is 30.6. The average molecular weight is 900 g/mol. The average Bonchev–Trinajstić information content (AvgIpc) is 3.81. The van der Waals surface area contributed by atoms with Gasteiger partial charge in [0.25, 0.3) is 0 Å². The van der Waals surface area contributed by atoms with Gasteiger partial charge in [0.1, 0.15) is 41.5 Å². The van der Waals surface area contributed by atoms with Crippen LogP contribution in [0.3, 0.4) is 0 Å². The molecule has 63 heavy (non-hydrogen) atoms. The monoisotopic (exact) mass is 899 g/mol. The minimum absolute atomic E-state index is 0.0369. The Kier molecular flexibility index (Phi) is 16.1. The third kappa shape index (κ3) is 11.2. The van der Waals surface area contributed by atoms with Gasteiger partial charge in [-0.1, -0.05) is 84.0 Å². The molecule has 2 aromatic heterocycles. The first-order valence-corrected chi connectivity index (χ1v) is 24.0. The molecule has 4 heterocycles. The van der Waals surface area contributed by atoms with E-state index in [1.165, 1.54) is 64.1 Å². The van der Waals surface area contributed by atoms with Crippen molar-refractivity contribution < 1.29 is 43.8 Å². The Morgan fingerprint density at radius 3 is 2.70 bits per heavy atom. The van der Waals surface area contributed by atoms with Crippen LogP contribution in [-0.2, 0) is 20.7 Å². The Labute approximate surface area is 375 Å². The highest BCUT2D eigenvalue weighted by atomic mass is 33.1. The number of allylic oxidation sites excluding steroid dienone is 1. The van der Waals surface area contributed by atoms with Crippen LogP contribution in [0.25, 0.3) is 28.2 Å². The molecule has 3 aromatic carbocycles. The van der Waals surface area contributed by atoms with Crippen molar-refractivity contribution in [3.63, 3.8) is 0 Å². The van der Waals surface area contributed by atoms with Crippen molar-refractivity contribution in [3.05, 3.63) is 124 Å². The lowest BCUT2D eigenvalue weighted by Gasteiger charge is -2.48. The van der Waals surface area contributed by atoms with E-state index in [1.54, 1.807) is 22.9 Å². The molecule has 0 bridgehead atoms. The van der Waals surface area contributed by atoms with Crippen molar-refractivity contribution in [2.45, 2.75) is 75.7 Å². The van der Waals surface area contributed by atoms with E-state index >= 15 is 0 Å². The van der Waals surface area contributed by atoms with Crippen LogP contribution in [0.15, 0.2) is 107 Å². The van der Waals surface area contributed by atoms with E-state index in [9.17, 15) is 30.0 Å². The molecule has 0 spiro atoms. The highest BCUT2D eigenvalue weighted by Crippen LogP contribution is 2.41. The minimum atomic E-state index is -2.10. The Bertz CT molecular complexity index is 2340. The number of aryl methyl sites for hydroxylation is 1. The van der Waals surface area contributed by atoms with Gasteiger partial charge in [0.15, 0.2) is 17.1 Å². The number of carboxylic acids is 1. The molecule has 8 atom stereocenters. The number of aromatic amines is 1. The van der Waals surface area contributed by atoms with Gasteiger partial charge < -0.3 is 54.7 Å². The van der Waals surface area contributed by atoms with Gasteiger partial charge in [-0.15, -0.1) is 0 Å². The summed E-state index contributed by atoms with van der Waals surface area (Å²) in [4.78, 5) is 29.2. The maximum atomic E-state index is 13.5. The first kappa shape index (κ1) is 46.4. The molecule has 15 heteroatoms. The van der Waals surface area contributed by atoms with E-state index < -0.39 is 36.2 Å². The number of benzene rings is 3. The van der Waals surface area contributed by atoms with Crippen molar-refractivity contribution in [1.29, 1.82) is 0 Å². The van der Waals surface area contributed by atoms with E-state index in [0.717, 1.165) is 44.5 Å². The lowest BCUT2D eigenvalue weighted by atomic mass is 9.78. The topological polar surface area (TPSA) is 196 Å². The fraction of sp³-hybridized carbons (Fsp3) is 0.417. The second-order valence-corrected chi connectivity index (χ2v) is 18.8. The molecule has 2 aliphatic heterocycles. The van der Waals surface area contributed by atoms with E-state index in [-0.39, 0.29) is 58.1 Å². The fourth-order valence-corrected chi connectivity index (χ4v) is 10.6. The quantitative estimate of drug-likeness (QED) is 0.0413. The van der Waals surface area contributed by atoms with Gasteiger partial charge in [0.05, 0.1) is 10.9 Å². The van der Waals surface area contributed by atoms with Crippen LogP contribution in [-0.4, -0.2) is 99.5 Å². The molecule has 0 aliphatic carbocycles. The number of rotatable bonds is 15. The summed E-state index contributed by atoms with van der Waals surface area (Å²) in [5.74, 6) is -0.0710. The Hall–Kier alpha value is -4.58. The second-order valence-electron chi connectivity index (χ2n) is 16.3. The molecule has 2 aliphatic rings. The van der Waals surface area contributed by atoms with Gasteiger partial charge >= 0.3 is 5.97 Å². The predicted molar refractivity (Wildman–Crippen MR) is 248 cm³/mol. The van der Waals surface area contributed by atoms with Gasteiger partial charge in [0.2, 0.25) is 6.29 Å².